The van der Waals surface area contributed by atoms with Gasteiger partial charge in [-0.2, -0.15) is 0 Å². The van der Waals surface area contributed by atoms with Crippen molar-refractivity contribution in [2.45, 2.75) is 293 Å². The van der Waals surface area contributed by atoms with E-state index in [0.717, 1.165) is 24.2 Å². The molecule has 0 aliphatic heterocycles. The Kier molecular flexibility index (Phi) is 51.7. The molecule has 0 spiro atoms. The highest BCUT2D eigenvalue weighted by Crippen LogP contribution is 2.29. The third-order valence-corrected chi connectivity index (χ3v) is 51.3. The second-order valence-corrected chi connectivity index (χ2v) is 63.8. The zero-order chi connectivity index (χ0) is 70.5. The molecule has 0 saturated carbocycles. The van der Waals surface area contributed by atoms with Gasteiger partial charge >= 0.3 is 0 Å². The summed E-state index contributed by atoms with van der Waals surface area (Å²) in [7, 11) is -14.6. The van der Waals surface area contributed by atoms with Gasteiger partial charge in [-0.25, -0.2) is 0 Å². The van der Waals surface area contributed by atoms with Crippen LogP contribution in [0.1, 0.15) is 183 Å². The van der Waals surface area contributed by atoms with Crippen molar-refractivity contribution in [2.24, 2.45) is 0 Å². The normalized spacial score (nSPS) is 13.3. The second kappa shape index (κ2) is 50.9. The number of rotatable bonds is 32. The van der Waals surface area contributed by atoms with Gasteiger partial charge in [0.25, 0.3) is 0 Å². The van der Waals surface area contributed by atoms with Crippen LogP contribution in [-0.4, -0.2) is 66.5 Å². The SMILES string of the molecule is C.C.C.C.C.C.C.C.CCCC[Si](C)(C)O[Si](C)(C)Cc1ccc(C)cc1.CCCC[Si](C)(C)O[Si](C)(C)Cc1ccc(C)cc1.CCCC[Si](C)(O[Si](C)(Cc1ccc(C)cc1)c1ccccc1)c1ccccc1.CCCC[Si](C)(O[Si](C)(Cc1ccc(C)cc1)c1ccccc1)c1ccccc1. The Labute approximate surface area is 654 Å². The lowest BCUT2D eigenvalue weighted by Gasteiger charge is -2.39. The molecule has 0 fully saturated rings. The van der Waals surface area contributed by atoms with Gasteiger partial charge in [0.1, 0.15) is 0 Å². The number of unbranched alkanes of at least 4 members (excludes halogenated alkanes) is 4. The molecule has 4 atom stereocenters. The van der Waals surface area contributed by atoms with Gasteiger partial charge in [-0.15, -0.1) is 0 Å². The average molecular weight is 1550 g/mol. The minimum atomic E-state index is -2.19. The summed E-state index contributed by atoms with van der Waals surface area (Å²) >= 11 is 0. The summed E-state index contributed by atoms with van der Waals surface area (Å²) < 4.78 is 28.1. The second-order valence-electron chi connectivity index (χ2n) is 30.9. The molecule has 0 aliphatic rings. The summed E-state index contributed by atoms with van der Waals surface area (Å²) in [5.74, 6) is 0. The van der Waals surface area contributed by atoms with Crippen molar-refractivity contribution in [3.8, 4) is 0 Å². The molecule has 8 aromatic rings. The van der Waals surface area contributed by atoms with E-state index in [2.05, 4.69) is 352 Å². The van der Waals surface area contributed by atoms with E-state index in [9.17, 15) is 0 Å². The lowest BCUT2D eigenvalue weighted by molar-refractivity contribution is 0.532. The predicted molar refractivity (Wildman–Crippen MR) is 497 cm³/mol. The van der Waals surface area contributed by atoms with Gasteiger partial charge in [0, 0.05) is 0 Å². The van der Waals surface area contributed by atoms with Crippen molar-refractivity contribution in [1.29, 1.82) is 0 Å². The largest absolute Gasteiger partial charge is 0.455 e. The van der Waals surface area contributed by atoms with Gasteiger partial charge in [-0.1, -0.05) is 379 Å². The smallest absolute Gasteiger partial charge is 0.213 e. The molecule has 0 radical (unpaired) electrons. The van der Waals surface area contributed by atoms with Crippen molar-refractivity contribution in [3.05, 3.63) is 263 Å². The first-order valence-corrected chi connectivity index (χ1v) is 59.6. The Morgan fingerprint density at radius 1 is 0.212 bits per heavy atom. The van der Waals surface area contributed by atoms with E-state index in [4.69, 9.17) is 16.5 Å². The highest BCUT2D eigenvalue weighted by Gasteiger charge is 2.44. The van der Waals surface area contributed by atoms with E-state index in [1.807, 2.05) is 0 Å². The van der Waals surface area contributed by atoms with Crippen LogP contribution in [0.15, 0.2) is 218 Å². The molecular formula is C92H160O4Si8. The van der Waals surface area contributed by atoms with E-state index < -0.39 is 66.5 Å². The van der Waals surface area contributed by atoms with Crippen LogP contribution in [0.3, 0.4) is 0 Å². The summed E-state index contributed by atoms with van der Waals surface area (Å²) in [5.41, 5.74) is 10.9. The molecule has 12 heteroatoms. The Balaban J connectivity index is -0.000000637. The van der Waals surface area contributed by atoms with Crippen LogP contribution in [-0.2, 0) is 40.6 Å². The number of hydrogen-bond donors (Lipinski definition) is 0. The highest BCUT2D eigenvalue weighted by molar-refractivity contribution is 6.98. The minimum Gasteiger partial charge on any atom is -0.455 e. The summed E-state index contributed by atoms with van der Waals surface area (Å²) in [5, 5.41) is 5.64. The van der Waals surface area contributed by atoms with Gasteiger partial charge in [-0.05, 0) is 198 Å². The van der Waals surface area contributed by atoms with Crippen LogP contribution < -0.4 is 20.7 Å². The van der Waals surface area contributed by atoms with Crippen LogP contribution >= 0.6 is 0 Å². The maximum Gasteiger partial charge on any atom is 0.213 e. The molecule has 0 aromatic heterocycles. The highest BCUT2D eigenvalue weighted by atomic mass is 28.4. The van der Waals surface area contributed by atoms with E-state index in [0.29, 0.717) is 0 Å². The number of hydrogen-bond acceptors (Lipinski definition) is 4. The molecule has 0 N–H and O–H groups in total. The van der Waals surface area contributed by atoms with Crippen molar-refractivity contribution < 1.29 is 16.5 Å². The van der Waals surface area contributed by atoms with Gasteiger partial charge in [0.15, 0.2) is 33.3 Å². The topological polar surface area (TPSA) is 36.9 Å². The molecule has 104 heavy (non-hydrogen) atoms. The zero-order valence-electron chi connectivity index (χ0n) is 63.7. The van der Waals surface area contributed by atoms with Gasteiger partial charge < -0.3 is 16.5 Å². The predicted octanol–water partition coefficient (Wildman–Crippen LogP) is 27.4. The van der Waals surface area contributed by atoms with Crippen LogP contribution in [0.2, 0.25) is 103 Å². The third-order valence-electron chi connectivity index (χ3n) is 18.6. The van der Waals surface area contributed by atoms with Crippen LogP contribution in [0, 0.1) is 27.7 Å². The Hall–Kier alpha value is -4.66. The van der Waals surface area contributed by atoms with Gasteiger partial charge in [-0.3, -0.25) is 0 Å². The van der Waals surface area contributed by atoms with Gasteiger partial charge in [0.2, 0.25) is 33.3 Å². The van der Waals surface area contributed by atoms with Crippen molar-refractivity contribution >= 4 is 87.3 Å². The van der Waals surface area contributed by atoms with Crippen molar-refractivity contribution in [3.63, 3.8) is 0 Å². The molecular weight excluding hydrogens is 1390 g/mol. The first kappa shape index (κ1) is 106. The molecule has 0 amide bonds. The molecule has 0 bridgehead atoms. The van der Waals surface area contributed by atoms with E-state index in [-0.39, 0.29) is 59.4 Å². The molecule has 0 saturated heterocycles. The quantitative estimate of drug-likeness (QED) is 0.0394. The lowest BCUT2D eigenvalue weighted by Crippen LogP contribution is -2.61. The first-order valence-electron chi connectivity index (χ1n) is 36.6. The molecule has 4 unspecified atom stereocenters. The first-order chi connectivity index (χ1) is 45.4. The van der Waals surface area contributed by atoms with Crippen LogP contribution in [0.4, 0.5) is 0 Å². The molecule has 4 nitrogen and oxygen atoms in total. The molecule has 584 valence electrons. The molecule has 0 heterocycles. The van der Waals surface area contributed by atoms with Crippen molar-refractivity contribution in [2.75, 3.05) is 0 Å². The third kappa shape index (κ3) is 37.4. The minimum absolute atomic E-state index is 0. The maximum atomic E-state index is 7.41. The zero-order valence-corrected chi connectivity index (χ0v) is 71.7. The Morgan fingerprint density at radius 3 is 0.615 bits per heavy atom. The fourth-order valence-electron chi connectivity index (χ4n) is 13.5. The maximum absolute atomic E-state index is 7.41. The fraction of sp³-hybridized carbons (Fsp3) is 0.478. The van der Waals surface area contributed by atoms with Crippen molar-refractivity contribution in [1.82, 2.24) is 0 Å². The van der Waals surface area contributed by atoms with E-state index >= 15 is 0 Å². The summed E-state index contributed by atoms with van der Waals surface area (Å²) in [6, 6.07) is 89.1. The Morgan fingerprint density at radius 2 is 0.404 bits per heavy atom. The molecule has 8 aromatic carbocycles. The molecule has 8 rings (SSSR count). The standard InChI is InChI=1S/2C26H34OSi2.2C16H30OSi2.8CH4/c2*1-5-6-21-28(3,25-13-9-7-10-14-25)27-29(4,26-15-11-8-12-16-26)22-24-19-17-23(2)18-20-24;2*1-7-8-13-18(3,4)17-19(5,6)14-16-11-9-15(2)10-12-16;;;;;;;;/h2*7-20H,5-6,21-22H2,1-4H3;2*9-12H,7-8,13-14H2,1-6H3;8*1H4. The summed E-state index contributed by atoms with van der Waals surface area (Å²) in [6.07, 6.45) is 10.0. The number of aryl methyl sites for hydroxylation is 4. The van der Waals surface area contributed by atoms with Crippen LogP contribution in [0.5, 0.6) is 0 Å². The van der Waals surface area contributed by atoms with E-state index in [1.54, 1.807) is 0 Å². The monoisotopic (exact) mass is 1550 g/mol. The Bertz CT molecular complexity index is 3180. The summed E-state index contributed by atoms with van der Waals surface area (Å²) in [4.78, 5) is 0. The lowest BCUT2D eigenvalue weighted by atomic mass is 10.2. The van der Waals surface area contributed by atoms with E-state index in [1.165, 1.54) is 141 Å². The average Bonchev–Trinajstić information content (AvgIpc) is 0.789. The fourth-order valence-corrected chi connectivity index (χ4v) is 51.7. The van der Waals surface area contributed by atoms with Crippen LogP contribution in [0.25, 0.3) is 0 Å². The number of benzene rings is 8. The summed E-state index contributed by atoms with van der Waals surface area (Å²) in [6.45, 7) is 46.4. The molecule has 0 aliphatic carbocycles. The van der Waals surface area contributed by atoms with Gasteiger partial charge in [0.05, 0.1) is 0 Å².